The molecule has 0 amide bonds. The molecule has 3 N–H and O–H groups in total. The normalized spacial score (nSPS) is 21.2. The highest BCUT2D eigenvalue weighted by molar-refractivity contribution is 7.97. The molecule has 22 heavy (non-hydrogen) atoms. The minimum atomic E-state index is -2.94. The van der Waals surface area contributed by atoms with Gasteiger partial charge in [0.05, 0.1) is 11.3 Å². The number of carbonyl (C=O) groups is 1. The summed E-state index contributed by atoms with van der Waals surface area (Å²) in [6.07, 6.45) is 3.77. The molecular weight excluding hydrogens is 312 g/mol. The van der Waals surface area contributed by atoms with Gasteiger partial charge in [0.15, 0.2) is 5.96 Å². The fourth-order valence-electron chi connectivity index (χ4n) is 2.60. The van der Waals surface area contributed by atoms with Crippen LogP contribution in [0, 0.1) is 0 Å². The predicted molar refractivity (Wildman–Crippen MR) is 83.1 cm³/mol. The molecule has 3 rings (SSSR count). The van der Waals surface area contributed by atoms with Crippen LogP contribution in [0.4, 0.5) is 14.5 Å². The highest BCUT2D eigenvalue weighted by atomic mass is 32.2. The molecule has 1 atom stereocenters. The lowest BCUT2D eigenvalue weighted by molar-refractivity contribution is -0.0249. The van der Waals surface area contributed by atoms with Crippen LogP contribution in [0.5, 0.6) is 0 Å². The van der Waals surface area contributed by atoms with Crippen LogP contribution in [0.15, 0.2) is 23.2 Å². The van der Waals surface area contributed by atoms with Crippen LogP contribution in [0.2, 0.25) is 0 Å². The fraction of sp³-hybridized carbons (Fsp3) is 0.429. The molecular formula is C14H17F2N3O2S. The molecule has 1 aromatic rings. The molecule has 0 saturated carbocycles. The Hall–Kier alpha value is -1.83. The van der Waals surface area contributed by atoms with Crippen LogP contribution in [-0.4, -0.2) is 46.9 Å². The van der Waals surface area contributed by atoms with E-state index in [4.69, 9.17) is 10.8 Å². The van der Waals surface area contributed by atoms with Gasteiger partial charge in [-0.05, 0) is 30.7 Å². The first-order chi connectivity index (χ1) is 10.3. The second-order valence-electron chi connectivity index (χ2n) is 5.06. The highest BCUT2D eigenvalue weighted by Gasteiger charge is 2.52. The molecule has 0 aliphatic carbocycles. The van der Waals surface area contributed by atoms with Gasteiger partial charge in [-0.1, -0.05) is 0 Å². The summed E-state index contributed by atoms with van der Waals surface area (Å²) in [7, 11) is 0. The number of guanidine groups is 1. The van der Waals surface area contributed by atoms with Crippen LogP contribution in [0.25, 0.3) is 0 Å². The van der Waals surface area contributed by atoms with Gasteiger partial charge in [0, 0.05) is 18.5 Å². The number of alkyl halides is 2. The number of carboxylic acid groups (broad SMARTS) is 1. The number of nitrogens with two attached hydrogens (primary N) is 1. The van der Waals surface area contributed by atoms with E-state index in [1.54, 1.807) is 11.8 Å². The van der Waals surface area contributed by atoms with Crippen LogP contribution in [-0.2, 0) is 0 Å². The maximum Gasteiger partial charge on any atom is 0.335 e. The van der Waals surface area contributed by atoms with Gasteiger partial charge >= 0.3 is 5.97 Å². The zero-order valence-electron chi connectivity index (χ0n) is 12.2. The summed E-state index contributed by atoms with van der Waals surface area (Å²) in [5.41, 5.74) is 6.18. The number of nitrogens with zero attached hydrogens (tertiary/aromatic N) is 2. The van der Waals surface area contributed by atoms with Gasteiger partial charge in [-0.15, -0.1) is 0 Å². The summed E-state index contributed by atoms with van der Waals surface area (Å²) in [5.74, 6) is -4.04. The van der Waals surface area contributed by atoms with E-state index in [9.17, 15) is 13.6 Å². The number of aliphatic imine (C=N–C) groups is 1. The van der Waals surface area contributed by atoms with Crippen molar-refractivity contribution in [2.24, 2.45) is 10.7 Å². The summed E-state index contributed by atoms with van der Waals surface area (Å²) < 4.78 is 27.9. The molecule has 2 aliphatic rings. The van der Waals surface area contributed by atoms with Gasteiger partial charge in [-0.2, -0.15) is 11.8 Å². The van der Waals surface area contributed by atoms with E-state index in [0.717, 1.165) is 0 Å². The summed E-state index contributed by atoms with van der Waals surface area (Å²) >= 11 is 1.75. The number of benzene rings is 1. The predicted octanol–water partition coefficient (Wildman–Crippen LogP) is 2.71. The summed E-state index contributed by atoms with van der Waals surface area (Å²) in [4.78, 5) is 16.3. The molecule has 1 aromatic carbocycles. The summed E-state index contributed by atoms with van der Waals surface area (Å²) in [6.45, 7) is 0.115. The topological polar surface area (TPSA) is 78.9 Å². The van der Waals surface area contributed by atoms with Crippen molar-refractivity contribution in [3.63, 3.8) is 0 Å². The molecule has 2 aliphatic heterocycles. The van der Waals surface area contributed by atoms with E-state index >= 15 is 0 Å². The molecule has 1 unspecified atom stereocenters. The number of thioether (sulfide) groups is 1. The molecule has 120 valence electrons. The number of hydrogen-bond donors (Lipinski definition) is 2. The third-order valence-electron chi connectivity index (χ3n) is 3.50. The Balaban J connectivity index is 0.000000545. The van der Waals surface area contributed by atoms with Gasteiger partial charge in [-0.3, -0.25) is 0 Å². The minimum Gasteiger partial charge on any atom is -0.478 e. The Morgan fingerprint density at radius 2 is 2.14 bits per heavy atom. The number of rotatable bonds is 1. The molecule has 1 saturated heterocycles. The van der Waals surface area contributed by atoms with Crippen molar-refractivity contribution in [2.75, 3.05) is 19.1 Å². The number of carboxylic acids is 1. The van der Waals surface area contributed by atoms with E-state index in [1.165, 1.54) is 23.1 Å². The number of hydrogen-bond acceptors (Lipinski definition) is 5. The molecule has 2 heterocycles. The third-order valence-corrected chi connectivity index (χ3v) is 3.50. The monoisotopic (exact) mass is 329 g/mol. The van der Waals surface area contributed by atoms with Crippen LogP contribution in [0.3, 0.4) is 0 Å². The van der Waals surface area contributed by atoms with Gasteiger partial charge in [-0.25, -0.2) is 18.6 Å². The smallest absolute Gasteiger partial charge is 0.335 e. The van der Waals surface area contributed by atoms with E-state index in [2.05, 4.69) is 4.99 Å². The molecule has 0 radical (unpaired) electrons. The lowest BCUT2D eigenvalue weighted by atomic mass is 9.96. The fourth-order valence-corrected chi connectivity index (χ4v) is 2.60. The van der Waals surface area contributed by atoms with Crippen molar-refractivity contribution in [1.29, 1.82) is 0 Å². The minimum absolute atomic E-state index is 0.0305. The SMILES string of the molecule is CSC.NC1=Nc2ccc(C(=O)O)cc2C2N1CCC2(F)F. The zero-order valence-corrected chi connectivity index (χ0v) is 13.0. The van der Waals surface area contributed by atoms with Crippen LogP contribution < -0.4 is 5.73 Å². The molecule has 1 fully saturated rings. The molecule has 5 nitrogen and oxygen atoms in total. The zero-order chi connectivity index (χ0) is 16.5. The Labute approximate surface area is 131 Å². The first-order valence-electron chi connectivity index (χ1n) is 6.58. The highest BCUT2D eigenvalue weighted by Crippen LogP contribution is 2.49. The summed E-state index contributed by atoms with van der Waals surface area (Å²) in [5, 5.41) is 8.95. The van der Waals surface area contributed by atoms with Crippen molar-refractivity contribution in [3.05, 3.63) is 29.3 Å². The van der Waals surface area contributed by atoms with E-state index in [-0.39, 0.29) is 30.1 Å². The second-order valence-corrected chi connectivity index (χ2v) is 5.88. The Morgan fingerprint density at radius 3 is 2.73 bits per heavy atom. The number of halogens is 2. The van der Waals surface area contributed by atoms with Gasteiger partial charge in [0.2, 0.25) is 0 Å². The van der Waals surface area contributed by atoms with Crippen molar-refractivity contribution in [2.45, 2.75) is 18.4 Å². The maximum absolute atomic E-state index is 14.0. The first-order valence-corrected chi connectivity index (χ1v) is 8.21. The van der Waals surface area contributed by atoms with Crippen molar-refractivity contribution in [3.8, 4) is 0 Å². The second kappa shape index (κ2) is 6.12. The van der Waals surface area contributed by atoms with Gasteiger partial charge in [0.1, 0.15) is 6.04 Å². The Bertz CT molecular complexity index is 622. The van der Waals surface area contributed by atoms with E-state index in [1.807, 2.05) is 12.5 Å². The largest absolute Gasteiger partial charge is 0.478 e. The van der Waals surface area contributed by atoms with Gasteiger partial charge in [0.25, 0.3) is 5.92 Å². The lowest BCUT2D eigenvalue weighted by Gasteiger charge is -2.33. The summed E-state index contributed by atoms with van der Waals surface area (Å²) in [6, 6.07) is 2.78. The maximum atomic E-state index is 14.0. The average molecular weight is 329 g/mol. The first kappa shape index (κ1) is 16.5. The lowest BCUT2D eigenvalue weighted by Crippen LogP contribution is -2.42. The standard InChI is InChI=1S/C12H11F2N3O2.C2H6S/c13-12(14)3-4-17-9(12)7-5-6(10(18)19)1-2-8(7)16-11(17)15;1-3-2/h1-2,5,9H,3-4H2,(H2,15,16)(H,18,19);1-2H3. The Morgan fingerprint density at radius 1 is 1.50 bits per heavy atom. The molecule has 8 heteroatoms. The van der Waals surface area contributed by atoms with Crippen molar-refractivity contribution in [1.82, 2.24) is 4.90 Å². The average Bonchev–Trinajstić information content (AvgIpc) is 2.76. The van der Waals surface area contributed by atoms with Crippen LogP contribution >= 0.6 is 11.8 Å². The molecule has 0 bridgehead atoms. The third kappa shape index (κ3) is 2.87. The van der Waals surface area contributed by atoms with Crippen molar-refractivity contribution >= 4 is 29.4 Å². The quantitative estimate of drug-likeness (QED) is 0.828. The van der Waals surface area contributed by atoms with E-state index < -0.39 is 17.9 Å². The van der Waals surface area contributed by atoms with Gasteiger partial charge < -0.3 is 15.7 Å². The van der Waals surface area contributed by atoms with Crippen molar-refractivity contribution < 1.29 is 18.7 Å². The van der Waals surface area contributed by atoms with Crippen LogP contribution in [0.1, 0.15) is 28.4 Å². The number of fused-ring (bicyclic) bond motifs is 3. The van der Waals surface area contributed by atoms with E-state index in [0.29, 0.717) is 5.69 Å². The molecule has 0 spiro atoms. The molecule has 0 aromatic heterocycles. The number of aromatic carboxylic acids is 1. The Kier molecular flexibility index (Phi) is 4.60.